The first-order valence-corrected chi connectivity index (χ1v) is 8.93. The Hall–Kier alpha value is -0.130. The van der Waals surface area contributed by atoms with Crippen molar-refractivity contribution in [2.75, 3.05) is 25.9 Å². The van der Waals surface area contributed by atoms with E-state index < -0.39 is 10.0 Å². The lowest BCUT2D eigenvalue weighted by molar-refractivity contribution is 0.252. The highest BCUT2D eigenvalue weighted by molar-refractivity contribution is 7.88. The number of rotatable bonds is 7. The first-order valence-electron chi connectivity index (χ1n) is 7.08. The van der Waals surface area contributed by atoms with Gasteiger partial charge in [-0.25, -0.2) is 12.7 Å². The summed E-state index contributed by atoms with van der Waals surface area (Å²) in [7, 11) is -2.98. The van der Waals surface area contributed by atoms with Gasteiger partial charge in [0.1, 0.15) is 0 Å². The van der Waals surface area contributed by atoms with Crippen LogP contribution in [0.4, 0.5) is 0 Å². The third kappa shape index (κ3) is 6.16. The number of nitrogens with one attached hydrogen (secondary N) is 1. The molecule has 5 heteroatoms. The van der Waals surface area contributed by atoms with E-state index in [4.69, 9.17) is 0 Å². The van der Waals surface area contributed by atoms with Crippen LogP contribution in [0.3, 0.4) is 0 Å². The average molecular weight is 276 g/mol. The van der Waals surface area contributed by atoms with Gasteiger partial charge in [0.25, 0.3) is 0 Å². The van der Waals surface area contributed by atoms with Crippen LogP contribution in [0.5, 0.6) is 0 Å². The highest BCUT2D eigenvalue weighted by Crippen LogP contribution is 2.23. The maximum atomic E-state index is 11.5. The zero-order valence-electron chi connectivity index (χ0n) is 12.0. The predicted molar refractivity (Wildman–Crippen MR) is 76.1 cm³/mol. The van der Waals surface area contributed by atoms with E-state index in [1.165, 1.54) is 25.5 Å². The zero-order valence-corrected chi connectivity index (χ0v) is 12.8. The number of piperidine rings is 1. The molecule has 0 aliphatic carbocycles. The van der Waals surface area contributed by atoms with Gasteiger partial charge in [-0.2, -0.15) is 0 Å². The van der Waals surface area contributed by atoms with Crippen molar-refractivity contribution < 1.29 is 8.42 Å². The van der Waals surface area contributed by atoms with Crippen molar-refractivity contribution in [2.45, 2.75) is 52.0 Å². The standard InChI is InChI=1S/C13H28N2O2S/c1-12(2)14-9-5-4-7-13-8-6-10-15(11-13)18(3,16)17/h12-14H,4-11H2,1-3H3. The van der Waals surface area contributed by atoms with Gasteiger partial charge in [0.15, 0.2) is 0 Å². The van der Waals surface area contributed by atoms with Gasteiger partial charge in [-0.15, -0.1) is 0 Å². The largest absolute Gasteiger partial charge is 0.315 e. The molecule has 0 radical (unpaired) electrons. The Morgan fingerprint density at radius 2 is 2.06 bits per heavy atom. The maximum absolute atomic E-state index is 11.5. The molecule has 1 unspecified atom stereocenters. The second-order valence-electron chi connectivity index (χ2n) is 5.73. The maximum Gasteiger partial charge on any atom is 0.211 e. The summed E-state index contributed by atoms with van der Waals surface area (Å²) in [5.74, 6) is 0.563. The Bertz CT molecular complexity index is 328. The van der Waals surface area contributed by atoms with Crippen LogP contribution in [0, 0.1) is 5.92 Å². The number of hydrogen-bond donors (Lipinski definition) is 1. The molecular formula is C13H28N2O2S. The lowest BCUT2D eigenvalue weighted by Crippen LogP contribution is -2.39. The molecule has 1 rings (SSSR count). The molecule has 4 nitrogen and oxygen atoms in total. The quantitative estimate of drug-likeness (QED) is 0.722. The summed E-state index contributed by atoms with van der Waals surface area (Å²) in [6, 6.07) is 0.556. The van der Waals surface area contributed by atoms with E-state index in [-0.39, 0.29) is 0 Å². The van der Waals surface area contributed by atoms with Gasteiger partial charge in [0.05, 0.1) is 6.26 Å². The fourth-order valence-corrected chi connectivity index (χ4v) is 3.45. The van der Waals surface area contributed by atoms with Gasteiger partial charge < -0.3 is 5.32 Å². The molecule has 1 N–H and O–H groups in total. The summed E-state index contributed by atoms with van der Waals surface area (Å²) < 4.78 is 24.6. The summed E-state index contributed by atoms with van der Waals surface area (Å²) in [6.45, 7) is 6.83. The van der Waals surface area contributed by atoms with E-state index in [1.54, 1.807) is 4.31 Å². The van der Waals surface area contributed by atoms with Gasteiger partial charge in [0.2, 0.25) is 10.0 Å². The molecule has 0 spiro atoms. The first kappa shape index (κ1) is 15.9. The summed E-state index contributed by atoms with van der Waals surface area (Å²) in [4.78, 5) is 0. The third-order valence-corrected chi connectivity index (χ3v) is 4.81. The number of sulfonamides is 1. The van der Waals surface area contributed by atoms with Gasteiger partial charge in [-0.3, -0.25) is 0 Å². The van der Waals surface area contributed by atoms with Gasteiger partial charge in [0, 0.05) is 19.1 Å². The fourth-order valence-electron chi connectivity index (χ4n) is 2.51. The topological polar surface area (TPSA) is 49.4 Å². The van der Waals surface area contributed by atoms with E-state index in [0.29, 0.717) is 18.5 Å². The summed E-state index contributed by atoms with van der Waals surface area (Å²) in [5, 5.41) is 3.41. The van der Waals surface area contributed by atoms with Gasteiger partial charge >= 0.3 is 0 Å². The monoisotopic (exact) mass is 276 g/mol. The molecule has 1 heterocycles. The highest BCUT2D eigenvalue weighted by Gasteiger charge is 2.25. The molecule has 0 saturated carbocycles. The second-order valence-corrected chi connectivity index (χ2v) is 7.72. The van der Waals surface area contributed by atoms with Crippen LogP contribution in [0.25, 0.3) is 0 Å². The lowest BCUT2D eigenvalue weighted by Gasteiger charge is -2.30. The minimum absolute atomic E-state index is 0.556. The van der Waals surface area contributed by atoms with Crippen molar-refractivity contribution >= 4 is 10.0 Å². The molecular weight excluding hydrogens is 248 g/mol. The van der Waals surface area contributed by atoms with E-state index >= 15 is 0 Å². The van der Waals surface area contributed by atoms with E-state index in [2.05, 4.69) is 19.2 Å². The lowest BCUT2D eigenvalue weighted by atomic mass is 9.94. The summed E-state index contributed by atoms with van der Waals surface area (Å²) in [6.07, 6.45) is 7.06. The van der Waals surface area contributed by atoms with Crippen molar-refractivity contribution in [3.05, 3.63) is 0 Å². The summed E-state index contributed by atoms with van der Waals surface area (Å²) in [5.41, 5.74) is 0. The van der Waals surface area contributed by atoms with Crippen molar-refractivity contribution in [3.63, 3.8) is 0 Å². The molecule has 0 aromatic heterocycles. The summed E-state index contributed by atoms with van der Waals surface area (Å²) >= 11 is 0. The minimum atomic E-state index is -2.98. The van der Waals surface area contributed by atoms with Crippen molar-refractivity contribution in [3.8, 4) is 0 Å². The second kappa shape index (κ2) is 7.46. The molecule has 1 saturated heterocycles. The SMILES string of the molecule is CC(C)NCCCCC1CCCN(S(C)(=O)=O)C1. The smallest absolute Gasteiger partial charge is 0.211 e. The number of hydrogen-bond acceptors (Lipinski definition) is 3. The van der Waals surface area contributed by atoms with Crippen molar-refractivity contribution in [2.24, 2.45) is 5.92 Å². The van der Waals surface area contributed by atoms with E-state index in [1.807, 2.05) is 0 Å². The van der Waals surface area contributed by atoms with Crippen LogP contribution >= 0.6 is 0 Å². The number of nitrogens with zero attached hydrogens (tertiary/aromatic N) is 1. The van der Waals surface area contributed by atoms with Crippen LogP contribution in [0.2, 0.25) is 0 Å². The zero-order chi connectivity index (χ0) is 13.6. The Labute approximate surface area is 112 Å². The molecule has 18 heavy (non-hydrogen) atoms. The Morgan fingerprint density at radius 3 is 2.67 bits per heavy atom. The third-order valence-electron chi connectivity index (χ3n) is 3.54. The van der Waals surface area contributed by atoms with Crippen LogP contribution in [-0.2, 0) is 10.0 Å². The average Bonchev–Trinajstić information content (AvgIpc) is 2.27. The Balaban J connectivity index is 2.19. The van der Waals surface area contributed by atoms with Crippen molar-refractivity contribution in [1.82, 2.24) is 9.62 Å². The molecule has 1 atom stereocenters. The van der Waals surface area contributed by atoms with Crippen molar-refractivity contribution in [1.29, 1.82) is 0 Å². The minimum Gasteiger partial charge on any atom is -0.315 e. The predicted octanol–water partition coefficient (Wildman–Crippen LogP) is 1.83. The highest BCUT2D eigenvalue weighted by atomic mass is 32.2. The van der Waals surface area contributed by atoms with Crippen LogP contribution in [0.1, 0.15) is 46.0 Å². The van der Waals surface area contributed by atoms with Gasteiger partial charge in [-0.1, -0.05) is 20.3 Å². The molecule has 0 aromatic rings. The van der Waals surface area contributed by atoms with Gasteiger partial charge in [-0.05, 0) is 38.1 Å². The molecule has 108 valence electrons. The Morgan fingerprint density at radius 1 is 1.33 bits per heavy atom. The first-order chi connectivity index (χ1) is 8.39. The molecule has 1 aliphatic heterocycles. The van der Waals surface area contributed by atoms with Crippen LogP contribution in [-0.4, -0.2) is 44.7 Å². The number of unbranched alkanes of at least 4 members (excludes halogenated alkanes) is 1. The van der Waals surface area contributed by atoms with Crippen LogP contribution < -0.4 is 5.32 Å². The normalized spacial score (nSPS) is 22.6. The van der Waals surface area contributed by atoms with Crippen LogP contribution in [0.15, 0.2) is 0 Å². The fraction of sp³-hybridized carbons (Fsp3) is 1.00. The molecule has 0 amide bonds. The molecule has 1 fully saturated rings. The molecule has 1 aliphatic rings. The Kier molecular flexibility index (Phi) is 6.60. The van der Waals surface area contributed by atoms with E-state index in [0.717, 1.165) is 25.9 Å². The molecule has 0 bridgehead atoms. The van der Waals surface area contributed by atoms with E-state index in [9.17, 15) is 8.42 Å². The molecule has 0 aromatic carbocycles.